The monoisotopic (exact) mass is 432 g/mol. The standard InChI is InChI=1S/C18H19ClN2O6S.3H2/c1-11-10-13(19)4-9-16(11)27-12(2)17(22)20-14-5-7-15(8-6-14)28(24,25)21-18(23)26-3;;;/h4-10,12H,1-3H3,(H,20,22)(H,21,23);3*1H/t12-;;;/m0.../s1. The summed E-state index contributed by atoms with van der Waals surface area (Å²) in [6.07, 6.45) is -1.90. The highest BCUT2D eigenvalue weighted by Gasteiger charge is 2.19. The fourth-order valence-corrected chi connectivity index (χ4v) is 3.30. The van der Waals surface area contributed by atoms with Gasteiger partial charge in [-0.25, -0.2) is 17.9 Å². The Morgan fingerprint density at radius 3 is 2.36 bits per heavy atom. The zero-order valence-corrected chi connectivity index (χ0v) is 16.9. The summed E-state index contributed by atoms with van der Waals surface area (Å²) in [6, 6.07) is 10.3. The minimum Gasteiger partial charge on any atom is -0.481 e. The van der Waals surface area contributed by atoms with E-state index >= 15 is 0 Å². The van der Waals surface area contributed by atoms with Crippen molar-refractivity contribution in [1.82, 2.24) is 4.72 Å². The summed E-state index contributed by atoms with van der Waals surface area (Å²) in [5, 5.41) is 3.19. The third-order valence-electron chi connectivity index (χ3n) is 3.65. The fraction of sp³-hybridized carbons (Fsp3) is 0.222. The lowest BCUT2D eigenvalue weighted by Gasteiger charge is -2.16. The molecule has 0 radical (unpaired) electrons. The lowest BCUT2D eigenvalue weighted by Crippen LogP contribution is -2.31. The normalized spacial score (nSPS) is 12.0. The zero-order valence-electron chi connectivity index (χ0n) is 15.4. The van der Waals surface area contributed by atoms with Gasteiger partial charge in [0.15, 0.2) is 6.10 Å². The SMILES string of the molecule is COC(=O)NS(=O)(=O)c1ccc(NC(=O)[C@H](C)Oc2ccc(Cl)cc2C)cc1.[HH].[HH].[HH]. The van der Waals surface area contributed by atoms with Gasteiger partial charge in [-0.2, -0.15) is 0 Å². The van der Waals surface area contributed by atoms with Gasteiger partial charge in [0, 0.05) is 15.0 Å². The van der Waals surface area contributed by atoms with E-state index in [0.29, 0.717) is 16.5 Å². The van der Waals surface area contributed by atoms with E-state index in [1.54, 1.807) is 29.8 Å². The number of hydrogen-bond acceptors (Lipinski definition) is 6. The Hall–Kier alpha value is -2.78. The molecule has 0 aromatic heterocycles. The van der Waals surface area contributed by atoms with Crippen LogP contribution in [0, 0.1) is 6.92 Å². The summed E-state index contributed by atoms with van der Waals surface area (Å²) < 4.78 is 35.6. The van der Waals surface area contributed by atoms with Crippen molar-refractivity contribution in [3.05, 3.63) is 53.1 Å². The molecule has 0 aliphatic heterocycles. The van der Waals surface area contributed by atoms with Crippen LogP contribution in [0.2, 0.25) is 5.02 Å². The van der Waals surface area contributed by atoms with Crippen molar-refractivity contribution in [3.8, 4) is 5.75 Å². The number of rotatable bonds is 6. The van der Waals surface area contributed by atoms with Crippen LogP contribution in [0.25, 0.3) is 0 Å². The average molecular weight is 433 g/mol. The van der Waals surface area contributed by atoms with Gasteiger partial charge in [-0.15, -0.1) is 0 Å². The molecule has 2 aromatic rings. The summed E-state index contributed by atoms with van der Waals surface area (Å²) in [5.74, 6) is 0.111. The molecule has 0 aliphatic carbocycles. The van der Waals surface area contributed by atoms with Crippen LogP contribution < -0.4 is 14.8 Å². The van der Waals surface area contributed by atoms with E-state index in [4.69, 9.17) is 16.3 Å². The Balaban J connectivity index is 0. The maximum atomic E-state index is 12.3. The number of aryl methyl sites for hydroxylation is 1. The second-order valence-corrected chi connectivity index (χ2v) is 7.90. The number of anilines is 1. The summed E-state index contributed by atoms with van der Waals surface area (Å²) in [6.45, 7) is 3.40. The molecule has 0 fully saturated rings. The van der Waals surface area contributed by atoms with Crippen molar-refractivity contribution >= 4 is 39.3 Å². The highest BCUT2D eigenvalue weighted by Crippen LogP contribution is 2.23. The summed E-state index contributed by atoms with van der Waals surface area (Å²) in [5.41, 5.74) is 1.16. The second kappa shape index (κ2) is 8.94. The number of benzene rings is 2. The molecule has 0 heterocycles. The first-order chi connectivity index (χ1) is 13.1. The Kier molecular flexibility index (Phi) is 6.87. The number of halogens is 1. The van der Waals surface area contributed by atoms with E-state index in [-0.39, 0.29) is 9.18 Å². The van der Waals surface area contributed by atoms with Crippen molar-refractivity contribution in [3.63, 3.8) is 0 Å². The second-order valence-electron chi connectivity index (χ2n) is 5.78. The molecule has 8 nitrogen and oxygen atoms in total. The molecule has 2 aromatic carbocycles. The van der Waals surface area contributed by atoms with Gasteiger partial charge in [0.05, 0.1) is 12.0 Å². The number of ether oxygens (including phenoxy) is 2. The van der Waals surface area contributed by atoms with E-state index < -0.39 is 28.1 Å². The van der Waals surface area contributed by atoms with Gasteiger partial charge in [0.25, 0.3) is 15.9 Å². The van der Waals surface area contributed by atoms with Crippen molar-refractivity contribution in [2.75, 3.05) is 12.4 Å². The van der Waals surface area contributed by atoms with Crippen LogP contribution in [0.3, 0.4) is 0 Å². The van der Waals surface area contributed by atoms with Gasteiger partial charge in [0.1, 0.15) is 5.75 Å². The van der Waals surface area contributed by atoms with Gasteiger partial charge in [-0.1, -0.05) is 11.6 Å². The summed E-state index contributed by atoms with van der Waals surface area (Å²) in [7, 11) is -3.00. The van der Waals surface area contributed by atoms with Crippen LogP contribution in [0.5, 0.6) is 5.75 Å². The topological polar surface area (TPSA) is 111 Å². The molecule has 0 unspecified atom stereocenters. The Labute approximate surface area is 172 Å². The molecule has 28 heavy (non-hydrogen) atoms. The zero-order chi connectivity index (χ0) is 20.9. The van der Waals surface area contributed by atoms with Gasteiger partial charge in [-0.05, 0) is 61.9 Å². The lowest BCUT2D eigenvalue weighted by molar-refractivity contribution is -0.122. The Morgan fingerprint density at radius 1 is 1.14 bits per heavy atom. The van der Waals surface area contributed by atoms with Crippen molar-refractivity contribution in [2.24, 2.45) is 0 Å². The molecule has 156 valence electrons. The average Bonchev–Trinajstić information content (AvgIpc) is 2.63. The molecular weight excluding hydrogens is 408 g/mol. The maximum Gasteiger partial charge on any atom is 0.420 e. The van der Waals surface area contributed by atoms with Gasteiger partial charge in [0.2, 0.25) is 0 Å². The summed E-state index contributed by atoms with van der Waals surface area (Å²) >= 11 is 5.90. The molecule has 1 atom stereocenters. The number of hydrogen-bond donors (Lipinski definition) is 2. The fourth-order valence-electron chi connectivity index (χ4n) is 2.16. The molecule has 0 bridgehead atoms. The quantitative estimate of drug-likeness (QED) is 0.717. The number of amides is 2. The molecule has 0 saturated heterocycles. The van der Waals surface area contributed by atoms with Crippen LogP contribution in [-0.4, -0.2) is 33.6 Å². The molecule has 0 saturated carbocycles. The van der Waals surface area contributed by atoms with Crippen LogP contribution in [0.4, 0.5) is 10.5 Å². The van der Waals surface area contributed by atoms with E-state index in [1.807, 2.05) is 6.92 Å². The number of nitrogens with one attached hydrogen (secondary N) is 2. The minimum atomic E-state index is -4.05. The largest absolute Gasteiger partial charge is 0.481 e. The number of carbonyl (C=O) groups is 2. The molecule has 0 spiro atoms. The van der Waals surface area contributed by atoms with E-state index in [1.165, 1.54) is 24.3 Å². The number of sulfonamides is 1. The lowest BCUT2D eigenvalue weighted by atomic mass is 10.2. The predicted octanol–water partition coefficient (Wildman–Crippen LogP) is 3.84. The third-order valence-corrected chi connectivity index (χ3v) is 5.21. The first-order valence-electron chi connectivity index (χ1n) is 8.07. The smallest absolute Gasteiger partial charge is 0.420 e. The van der Waals surface area contributed by atoms with E-state index in [9.17, 15) is 18.0 Å². The molecule has 2 rings (SSSR count). The predicted molar refractivity (Wildman–Crippen MR) is 110 cm³/mol. The first kappa shape index (κ1) is 21.5. The van der Waals surface area contributed by atoms with Crippen LogP contribution in [0.1, 0.15) is 16.8 Å². The van der Waals surface area contributed by atoms with Gasteiger partial charge in [-0.3, -0.25) is 4.79 Å². The van der Waals surface area contributed by atoms with Crippen LogP contribution in [-0.2, 0) is 19.6 Å². The number of carbonyl (C=O) groups excluding carboxylic acids is 2. The highest BCUT2D eigenvalue weighted by atomic mass is 35.5. The Morgan fingerprint density at radius 2 is 1.79 bits per heavy atom. The van der Waals surface area contributed by atoms with Gasteiger partial charge >= 0.3 is 6.09 Å². The Bertz CT molecular complexity index is 990. The van der Waals surface area contributed by atoms with E-state index in [2.05, 4.69) is 10.1 Å². The van der Waals surface area contributed by atoms with Gasteiger partial charge < -0.3 is 14.8 Å². The molecule has 2 N–H and O–H groups in total. The summed E-state index contributed by atoms with van der Waals surface area (Å²) in [4.78, 5) is 23.2. The maximum absolute atomic E-state index is 12.3. The highest BCUT2D eigenvalue weighted by molar-refractivity contribution is 7.90. The molecular formula is C18H25ClN2O6S. The minimum absolute atomic E-state index is 0. The van der Waals surface area contributed by atoms with Crippen molar-refractivity contribution < 1.29 is 31.8 Å². The van der Waals surface area contributed by atoms with Crippen molar-refractivity contribution in [1.29, 1.82) is 0 Å². The first-order valence-corrected chi connectivity index (χ1v) is 9.93. The van der Waals surface area contributed by atoms with Crippen LogP contribution >= 0.6 is 11.6 Å². The molecule has 0 aliphatic rings. The van der Waals surface area contributed by atoms with Crippen LogP contribution in [0.15, 0.2) is 47.4 Å². The number of methoxy groups -OCH3 is 1. The molecule has 10 heteroatoms. The third kappa shape index (κ3) is 5.61. The van der Waals surface area contributed by atoms with E-state index in [0.717, 1.165) is 12.7 Å². The molecule has 2 amide bonds. The van der Waals surface area contributed by atoms with Crippen molar-refractivity contribution in [2.45, 2.75) is 24.8 Å².